The number of hydrogen-bond acceptors (Lipinski definition) is 4. The van der Waals surface area contributed by atoms with Gasteiger partial charge in [-0.1, -0.05) is 326 Å². The van der Waals surface area contributed by atoms with E-state index in [1.54, 1.807) is 0 Å². The number of nitriles is 2. The molecule has 0 radical (unpaired) electrons. The van der Waals surface area contributed by atoms with E-state index in [2.05, 4.69) is 428 Å². The van der Waals surface area contributed by atoms with Crippen LogP contribution in [0.3, 0.4) is 0 Å². The molecule has 0 spiro atoms. The van der Waals surface area contributed by atoms with Gasteiger partial charge >= 0.3 is 0 Å². The molecule has 123 heavy (non-hydrogen) atoms. The lowest BCUT2D eigenvalue weighted by Gasteiger charge is -2.46. The van der Waals surface area contributed by atoms with Crippen molar-refractivity contribution in [1.82, 2.24) is 9.13 Å². The number of rotatable bonds is 11. The van der Waals surface area contributed by atoms with E-state index in [1.807, 2.05) is 30.3 Å². The summed E-state index contributed by atoms with van der Waals surface area (Å²) in [5, 5.41) is 27.5. The van der Waals surface area contributed by atoms with E-state index >= 15 is 0 Å². The molecular formula is C115H92BN7. The maximum atomic E-state index is 11.4. The van der Waals surface area contributed by atoms with Crippen molar-refractivity contribution >= 4 is 107 Å². The Balaban J connectivity index is 1.02. The first kappa shape index (κ1) is 76.9. The summed E-state index contributed by atoms with van der Waals surface area (Å²) in [4.78, 5) is 9.59. The van der Waals surface area contributed by atoms with Crippen molar-refractivity contribution < 1.29 is 0 Å². The van der Waals surface area contributed by atoms with Crippen LogP contribution in [0.5, 0.6) is 0 Å². The van der Waals surface area contributed by atoms with Crippen LogP contribution in [0.2, 0.25) is 0 Å². The van der Waals surface area contributed by atoms with Crippen LogP contribution in [-0.4, -0.2) is 15.8 Å². The van der Waals surface area contributed by atoms with Gasteiger partial charge in [-0.05, 0) is 207 Å². The summed E-state index contributed by atoms with van der Waals surface area (Å²) in [6.07, 6.45) is 0. The standard InChI is InChI=1S/C115H92BN7/c1-112(2,3)82-40-28-34-73(58-82)93-62-80(88-44-17-22-49-99(88)119-13)63-94(74-35-29-41-83(59-74)113(4,5)6)110(93)122-104-68-86(120-100-50-23-18-45-89(100)90-46-19-24-51-101(90)120)54-56-97(104)116-98-57-55-87(121-102-52-25-20-47-91(102)92-48-21-26-53-103(92)121)69-105(98)123(107-67-79(66-106(122)109(107)116)72-32-15-14-16-33-72)111-95(75-36-30-42-84(60-75)114(7,8)9)64-81(108-77(70-117)38-27-39-78(108)71-118)65-96(111)76-37-31-43-85(61-76)115(10,11)12/h14-69H,1-12H3. The molecule has 0 N–H and O–H groups in total. The molecule has 2 aliphatic rings. The van der Waals surface area contributed by atoms with Crippen molar-refractivity contribution in [3.63, 3.8) is 0 Å². The maximum Gasteiger partial charge on any atom is 0.252 e. The number of aromatic nitrogens is 2. The fraction of sp³-hybridized carbons (Fsp3) is 0.139. The highest BCUT2D eigenvalue weighted by molar-refractivity contribution is 7.00. The van der Waals surface area contributed by atoms with Gasteiger partial charge in [-0.3, -0.25) is 0 Å². The molecule has 4 heterocycles. The van der Waals surface area contributed by atoms with E-state index in [0.717, 1.165) is 178 Å². The molecule has 0 aliphatic carbocycles. The number of hydrogen-bond donors (Lipinski definition) is 0. The third-order valence-electron chi connectivity index (χ3n) is 25.6. The van der Waals surface area contributed by atoms with Crippen LogP contribution in [0.25, 0.3) is 138 Å². The van der Waals surface area contributed by atoms with Crippen molar-refractivity contribution in [2.45, 2.75) is 105 Å². The minimum Gasteiger partial charge on any atom is -0.310 e. The molecule has 590 valence electrons. The second kappa shape index (κ2) is 29.3. The summed E-state index contributed by atoms with van der Waals surface area (Å²) in [5.41, 5.74) is 33.6. The van der Waals surface area contributed by atoms with Gasteiger partial charge in [-0.25, -0.2) is 4.85 Å². The van der Waals surface area contributed by atoms with Crippen LogP contribution in [0, 0.1) is 29.2 Å². The summed E-state index contributed by atoms with van der Waals surface area (Å²) < 4.78 is 4.92. The highest BCUT2D eigenvalue weighted by Gasteiger charge is 2.47. The molecule has 0 saturated carbocycles. The predicted molar refractivity (Wildman–Crippen MR) is 518 cm³/mol. The Morgan fingerprint density at radius 3 is 0.984 bits per heavy atom. The van der Waals surface area contributed by atoms with E-state index in [-0.39, 0.29) is 21.7 Å². The molecule has 0 bridgehead atoms. The second-order valence-corrected chi connectivity index (χ2v) is 37.4. The first-order chi connectivity index (χ1) is 59.4. The Morgan fingerprint density at radius 2 is 0.618 bits per heavy atom. The van der Waals surface area contributed by atoms with Gasteiger partial charge in [0.2, 0.25) is 0 Å². The average molecular weight is 1580 g/mol. The van der Waals surface area contributed by atoms with Crippen LogP contribution in [0.1, 0.15) is 116 Å². The van der Waals surface area contributed by atoms with E-state index < -0.39 is 6.71 Å². The zero-order valence-corrected chi connectivity index (χ0v) is 71.5. The number of fused-ring (bicyclic) bond motifs is 10. The molecule has 0 amide bonds. The zero-order chi connectivity index (χ0) is 84.7. The zero-order valence-electron chi connectivity index (χ0n) is 71.5. The van der Waals surface area contributed by atoms with Crippen LogP contribution < -0.4 is 26.2 Å². The van der Waals surface area contributed by atoms with Crippen LogP contribution in [0.15, 0.2) is 340 Å². The topological polar surface area (TPSA) is 68.3 Å². The molecule has 7 nitrogen and oxygen atoms in total. The van der Waals surface area contributed by atoms with Gasteiger partial charge in [0, 0.05) is 83.5 Å². The molecule has 16 aromatic carbocycles. The molecule has 0 atom stereocenters. The predicted octanol–water partition coefficient (Wildman–Crippen LogP) is 29.1. The molecule has 20 rings (SSSR count). The summed E-state index contributed by atoms with van der Waals surface area (Å²) >= 11 is 0. The van der Waals surface area contributed by atoms with Gasteiger partial charge in [0.1, 0.15) is 0 Å². The number of para-hydroxylation sites is 5. The first-order valence-electron chi connectivity index (χ1n) is 42.7. The van der Waals surface area contributed by atoms with Gasteiger partial charge in [0.15, 0.2) is 5.69 Å². The molecule has 0 fully saturated rings. The number of anilines is 6. The highest BCUT2D eigenvalue weighted by atomic mass is 15.2. The van der Waals surface area contributed by atoms with Gasteiger partial charge in [-0.2, -0.15) is 10.5 Å². The minimum atomic E-state index is -0.429. The Labute approximate surface area is 721 Å². The minimum absolute atomic E-state index is 0.243. The SMILES string of the molecule is [C-]#[N+]c1ccccc1-c1cc(-c2cccc(C(C)(C)C)c2)c(N2c3cc(-n4c5ccccc5c5ccccc54)ccc3B3c4ccc(-n5c6ccccc6c6ccccc65)cc4N(c4c(-c5cccc(C(C)(C)C)c5)cc(-c5c(C#N)cccc5C#N)cc4-c4cccc(C(C)(C)C)c4)c4cc(-c5ccccc5)cc2c43)c(-c2cccc(C(C)(C)C)c2)c1. The summed E-state index contributed by atoms with van der Waals surface area (Å²) in [6, 6.07) is 130. The maximum absolute atomic E-state index is 11.4. The van der Waals surface area contributed by atoms with Gasteiger partial charge in [0.05, 0.1) is 63.3 Å². The summed E-state index contributed by atoms with van der Waals surface area (Å²) in [7, 11) is 0. The largest absolute Gasteiger partial charge is 0.310 e. The number of nitrogens with zero attached hydrogens (tertiary/aromatic N) is 7. The molecule has 2 aliphatic heterocycles. The smallest absolute Gasteiger partial charge is 0.252 e. The Hall–Kier alpha value is -14.7. The van der Waals surface area contributed by atoms with Crippen molar-refractivity contribution in [3.8, 4) is 101 Å². The number of benzene rings is 16. The van der Waals surface area contributed by atoms with Crippen LogP contribution >= 0.6 is 0 Å². The third kappa shape index (κ3) is 13.0. The third-order valence-corrected chi connectivity index (χ3v) is 25.6. The van der Waals surface area contributed by atoms with E-state index in [0.29, 0.717) is 22.4 Å². The van der Waals surface area contributed by atoms with Gasteiger partial charge < -0.3 is 18.9 Å². The lowest BCUT2D eigenvalue weighted by Crippen LogP contribution is -2.61. The molecule has 0 saturated heterocycles. The second-order valence-electron chi connectivity index (χ2n) is 37.4. The molecule has 2 aromatic heterocycles. The average Bonchev–Trinajstić information content (AvgIpc) is 1.25. The lowest BCUT2D eigenvalue weighted by atomic mass is 9.33. The highest BCUT2D eigenvalue weighted by Crippen LogP contribution is 2.57. The summed E-state index contributed by atoms with van der Waals surface area (Å²) in [5.74, 6) is 0. The molecule has 0 unspecified atom stereocenters. The van der Waals surface area contributed by atoms with Crippen LogP contribution in [-0.2, 0) is 21.7 Å². The first-order valence-corrected chi connectivity index (χ1v) is 42.7. The van der Waals surface area contributed by atoms with E-state index in [1.165, 1.54) is 21.9 Å². The molecule has 18 aromatic rings. The van der Waals surface area contributed by atoms with Crippen molar-refractivity contribution in [2.75, 3.05) is 9.80 Å². The van der Waals surface area contributed by atoms with Crippen molar-refractivity contribution in [2.24, 2.45) is 0 Å². The van der Waals surface area contributed by atoms with Gasteiger partial charge in [-0.15, -0.1) is 0 Å². The monoisotopic (exact) mass is 1580 g/mol. The Morgan fingerprint density at radius 1 is 0.285 bits per heavy atom. The fourth-order valence-electron chi connectivity index (χ4n) is 19.3. The Bertz CT molecular complexity index is 7250. The molecular weight excluding hydrogens is 1490 g/mol. The quantitative estimate of drug-likeness (QED) is 0.0956. The summed E-state index contributed by atoms with van der Waals surface area (Å²) in [6.45, 7) is 35.9. The van der Waals surface area contributed by atoms with Crippen molar-refractivity contribution in [3.05, 3.63) is 385 Å². The normalized spacial score (nSPS) is 12.6. The van der Waals surface area contributed by atoms with Gasteiger partial charge in [0.25, 0.3) is 6.71 Å². The Kier molecular flexibility index (Phi) is 18.3. The lowest BCUT2D eigenvalue weighted by molar-refractivity contribution is 0.590. The fourth-order valence-corrected chi connectivity index (χ4v) is 19.3. The van der Waals surface area contributed by atoms with Crippen molar-refractivity contribution in [1.29, 1.82) is 10.5 Å². The van der Waals surface area contributed by atoms with Crippen LogP contribution in [0.4, 0.5) is 39.8 Å². The van der Waals surface area contributed by atoms with E-state index in [9.17, 15) is 10.5 Å². The molecule has 8 heteroatoms. The van der Waals surface area contributed by atoms with E-state index in [4.69, 9.17) is 6.57 Å².